The van der Waals surface area contributed by atoms with Gasteiger partial charge in [-0.3, -0.25) is 0 Å². The first-order valence-electron chi connectivity index (χ1n) is 11.6. The van der Waals surface area contributed by atoms with Crippen LogP contribution in [0.25, 0.3) is 0 Å². The van der Waals surface area contributed by atoms with Crippen molar-refractivity contribution < 1.29 is 45.9 Å². The number of thioether (sulfide) groups is 1. The molecule has 1 aliphatic carbocycles. The first kappa shape index (κ1) is 29.2. The quantitative estimate of drug-likeness (QED) is 0.131. The molecule has 4 rings (SSSR count). The zero-order valence-corrected chi connectivity index (χ0v) is 22.3. The third-order valence-corrected chi connectivity index (χ3v) is 7.25. The number of pyridine rings is 1. The molecule has 5 nitrogen and oxygen atoms in total. The zero-order valence-electron chi connectivity index (χ0n) is 19.9. The van der Waals surface area contributed by atoms with E-state index in [4.69, 9.17) is 32.7 Å². The summed E-state index contributed by atoms with van der Waals surface area (Å²) in [5.74, 6) is 0.0951. The fraction of sp³-hybridized carbons (Fsp3) is 0.308. The second-order valence-corrected chi connectivity index (χ2v) is 10.4. The Hall–Kier alpha value is -2.76. The highest BCUT2D eigenvalue weighted by atomic mass is 35.5. The molecule has 13 heteroatoms. The number of benzene rings is 2. The second kappa shape index (κ2) is 12.6. The minimum Gasteiger partial charge on any atom is -0.489 e. The van der Waals surface area contributed by atoms with Crippen LogP contribution in [-0.2, 0) is 17.3 Å². The van der Waals surface area contributed by atoms with Crippen molar-refractivity contribution in [2.24, 2.45) is 5.92 Å². The summed E-state index contributed by atoms with van der Waals surface area (Å²) in [6.45, 7) is -2.82. The molecule has 0 aliphatic heterocycles. The van der Waals surface area contributed by atoms with Crippen LogP contribution in [-0.4, -0.2) is 18.5 Å². The minimum atomic E-state index is -4.68. The molecule has 0 spiro atoms. The Morgan fingerprint density at radius 1 is 1.05 bits per heavy atom. The zero-order chi connectivity index (χ0) is 28.2. The SMILES string of the molecule is O=C(O[C@@H](Cc1c(Cl)c[nH+]cc1Cl)c1ccc(OC(F)F)c(OCC2CC2)c1)Sc1ccccc1C(F)(F)F. The molecule has 0 radical (unpaired) electrons. The van der Waals surface area contributed by atoms with Gasteiger partial charge in [0.05, 0.1) is 12.2 Å². The summed E-state index contributed by atoms with van der Waals surface area (Å²) in [7, 11) is 0. The number of hydrogen-bond donors (Lipinski definition) is 0. The van der Waals surface area contributed by atoms with Gasteiger partial charge in [0.25, 0.3) is 0 Å². The van der Waals surface area contributed by atoms with Crippen molar-refractivity contribution in [2.45, 2.75) is 43.0 Å². The molecule has 208 valence electrons. The second-order valence-electron chi connectivity index (χ2n) is 8.63. The maximum Gasteiger partial charge on any atom is 0.417 e. The number of rotatable bonds is 10. The number of aromatic nitrogens is 1. The van der Waals surface area contributed by atoms with Crippen LogP contribution in [0.2, 0.25) is 10.0 Å². The number of carbonyl (C=O) groups excluding carboxylic acids is 1. The molecule has 0 amide bonds. The van der Waals surface area contributed by atoms with E-state index >= 15 is 0 Å². The van der Waals surface area contributed by atoms with Crippen molar-refractivity contribution in [3.05, 3.63) is 81.6 Å². The predicted octanol–water partition coefficient (Wildman–Crippen LogP) is 8.43. The topological polar surface area (TPSA) is 58.9 Å². The first-order valence-corrected chi connectivity index (χ1v) is 13.2. The van der Waals surface area contributed by atoms with E-state index < -0.39 is 29.8 Å². The normalized spacial score (nSPS) is 14.3. The highest BCUT2D eigenvalue weighted by Crippen LogP contribution is 2.40. The van der Waals surface area contributed by atoms with Crippen LogP contribution in [0.1, 0.15) is 35.6 Å². The Kier molecular flexibility index (Phi) is 9.45. The van der Waals surface area contributed by atoms with Gasteiger partial charge >= 0.3 is 18.1 Å². The molecule has 1 fully saturated rings. The van der Waals surface area contributed by atoms with Gasteiger partial charge in [-0.15, -0.1) is 0 Å². The Morgan fingerprint density at radius 2 is 1.74 bits per heavy atom. The van der Waals surface area contributed by atoms with E-state index in [0.717, 1.165) is 25.0 Å². The highest BCUT2D eigenvalue weighted by molar-refractivity contribution is 8.13. The molecule has 0 unspecified atom stereocenters. The van der Waals surface area contributed by atoms with Gasteiger partial charge in [0.15, 0.2) is 23.9 Å². The summed E-state index contributed by atoms with van der Waals surface area (Å²) in [4.78, 5) is 15.3. The van der Waals surface area contributed by atoms with Crippen LogP contribution in [0.3, 0.4) is 0 Å². The van der Waals surface area contributed by atoms with E-state index in [1.54, 1.807) is 0 Å². The molecular weight excluding hydrogens is 588 g/mol. The summed E-state index contributed by atoms with van der Waals surface area (Å²) in [5.41, 5.74) is -0.290. The molecule has 1 saturated carbocycles. The van der Waals surface area contributed by atoms with E-state index in [-0.39, 0.29) is 51.2 Å². The van der Waals surface area contributed by atoms with Gasteiger partial charge in [-0.25, -0.2) is 9.78 Å². The van der Waals surface area contributed by atoms with E-state index in [1.807, 2.05) is 0 Å². The van der Waals surface area contributed by atoms with E-state index in [9.17, 15) is 26.7 Å². The third kappa shape index (κ3) is 8.12. The predicted molar refractivity (Wildman–Crippen MR) is 135 cm³/mol. The van der Waals surface area contributed by atoms with Crippen molar-refractivity contribution in [3.8, 4) is 11.5 Å². The average molecular weight is 609 g/mol. The van der Waals surface area contributed by atoms with Crippen LogP contribution in [0, 0.1) is 5.92 Å². The molecule has 1 atom stereocenters. The van der Waals surface area contributed by atoms with E-state index in [0.29, 0.717) is 17.0 Å². The van der Waals surface area contributed by atoms with E-state index in [2.05, 4.69) is 9.72 Å². The molecule has 1 aromatic heterocycles. The number of hydrogen-bond acceptors (Lipinski definition) is 5. The maximum absolute atomic E-state index is 13.4. The summed E-state index contributed by atoms with van der Waals surface area (Å²) < 4.78 is 82.2. The summed E-state index contributed by atoms with van der Waals surface area (Å²) in [5, 5.41) is -0.581. The fourth-order valence-corrected chi connectivity index (χ4v) is 4.94. The van der Waals surface area contributed by atoms with Gasteiger partial charge in [0.2, 0.25) is 0 Å². The smallest absolute Gasteiger partial charge is 0.417 e. The lowest BCUT2D eigenvalue weighted by atomic mass is 10.0. The summed E-state index contributed by atoms with van der Waals surface area (Å²) >= 11 is 12.8. The number of ether oxygens (including phenoxy) is 3. The fourth-order valence-electron chi connectivity index (χ4n) is 3.63. The molecule has 39 heavy (non-hydrogen) atoms. The van der Waals surface area contributed by atoms with Crippen LogP contribution >= 0.6 is 35.0 Å². The number of halogens is 7. The Bertz CT molecular complexity index is 1300. The average Bonchev–Trinajstić information content (AvgIpc) is 3.69. The molecule has 1 N–H and O–H groups in total. The molecule has 1 heterocycles. The molecule has 2 aromatic carbocycles. The van der Waals surface area contributed by atoms with Crippen LogP contribution < -0.4 is 14.5 Å². The van der Waals surface area contributed by atoms with Gasteiger partial charge in [-0.1, -0.05) is 41.4 Å². The van der Waals surface area contributed by atoms with Gasteiger partial charge in [-0.05, 0) is 60.4 Å². The molecular formula is C26H21Cl2F5NO4S+. The summed E-state index contributed by atoms with van der Waals surface area (Å²) in [6.07, 6.45) is -1.06. The Balaban J connectivity index is 1.65. The number of alkyl halides is 5. The third-order valence-electron chi connectivity index (χ3n) is 5.74. The molecule has 0 saturated heterocycles. The molecule has 0 bridgehead atoms. The van der Waals surface area contributed by atoms with Gasteiger partial charge in [0.1, 0.15) is 16.1 Å². The van der Waals surface area contributed by atoms with Crippen molar-refractivity contribution in [1.82, 2.24) is 0 Å². The standard InChI is InChI=1S/C26H20Cl2F5NO4S/c27-18-11-34-12-19(28)16(18)10-21(38-25(35)39-23-4-2-1-3-17(23)26(31,32)33)15-7-8-20(37-24(29)30)22(9-15)36-13-14-5-6-14/h1-4,7-9,11-12,14,21,24H,5-6,10,13H2/p+1/t21-/m0/s1. The van der Waals surface area contributed by atoms with Crippen LogP contribution in [0.15, 0.2) is 59.8 Å². The van der Waals surface area contributed by atoms with Gasteiger partial charge in [-0.2, -0.15) is 22.0 Å². The number of aromatic amines is 1. The summed E-state index contributed by atoms with van der Waals surface area (Å²) in [6, 6.07) is 8.63. The van der Waals surface area contributed by atoms with Gasteiger partial charge in [0, 0.05) is 16.9 Å². The Morgan fingerprint density at radius 3 is 2.38 bits per heavy atom. The van der Waals surface area contributed by atoms with Crippen LogP contribution in [0.4, 0.5) is 26.7 Å². The monoisotopic (exact) mass is 608 g/mol. The number of H-pyrrole nitrogens is 1. The van der Waals surface area contributed by atoms with Crippen molar-refractivity contribution in [1.29, 1.82) is 0 Å². The van der Waals surface area contributed by atoms with Crippen LogP contribution in [0.5, 0.6) is 11.5 Å². The van der Waals surface area contributed by atoms with Gasteiger partial charge < -0.3 is 14.2 Å². The maximum atomic E-state index is 13.4. The van der Waals surface area contributed by atoms with Crippen molar-refractivity contribution in [3.63, 3.8) is 0 Å². The molecule has 1 aliphatic rings. The van der Waals surface area contributed by atoms with Crippen molar-refractivity contribution in [2.75, 3.05) is 6.61 Å². The number of carbonyl (C=O) groups is 1. The minimum absolute atomic E-state index is 0.00871. The molecule has 3 aromatic rings. The lowest BCUT2D eigenvalue weighted by Gasteiger charge is -2.21. The largest absolute Gasteiger partial charge is 0.489 e. The van der Waals surface area contributed by atoms with Crippen molar-refractivity contribution >= 4 is 40.3 Å². The lowest BCUT2D eigenvalue weighted by Crippen LogP contribution is -2.14. The number of nitrogens with one attached hydrogen (secondary N) is 1. The first-order chi connectivity index (χ1) is 18.5. The lowest BCUT2D eigenvalue weighted by molar-refractivity contribution is -0.377. The Labute approximate surface area is 234 Å². The van der Waals surface area contributed by atoms with E-state index in [1.165, 1.54) is 42.7 Å². The highest BCUT2D eigenvalue weighted by Gasteiger charge is 2.34.